The molecule has 2 aromatic rings. The molecule has 0 radical (unpaired) electrons. The van der Waals surface area contributed by atoms with Crippen molar-refractivity contribution < 1.29 is 9.53 Å². The van der Waals surface area contributed by atoms with Gasteiger partial charge in [-0.05, 0) is 25.5 Å². The molecule has 1 aromatic heterocycles. The van der Waals surface area contributed by atoms with E-state index in [0.717, 1.165) is 5.75 Å². The van der Waals surface area contributed by atoms with Gasteiger partial charge >= 0.3 is 5.69 Å². The van der Waals surface area contributed by atoms with E-state index in [0.29, 0.717) is 25.3 Å². The third kappa shape index (κ3) is 4.79. The van der Waals surface area contributed by atoms with Gasteiger partial charge in [0.25, 0.3) is 0 Å². The Labute approximate surface area is 121 Å². The van der Waals surface area contributed by atoms with E-state index in [-0.39, 0.29) is 17.6 Å². The summed E-state index contributed by atoms with van der Waals surface area (Å²) in [6.07, 6.45) is 0.969. The fourth-order valence-electron chi connectivity index (χ4n) is 1.81. The van der Waals surface area contributed by atoms with Gasteiger partial charge in [-0.25, -0.2) is 9.89 Å². The maximum atomic E-state index is 11.7. The highest BCUT2D eigenvalue weighted by molar-refractivity contribution is 5.76. The number of para-hydroxylation sites is 1. The number of hydrogen-bond donors (Lipinski definition) is 3. The number of nitrogens with one attached hydrogen (secondary N) is 3. The van der Waals surface area contributed by atoms with E-state index in [2.05, 4.69) is 20.5 Å². The van der Waals surface area contributed by atoms with Crippen LogP contribution in [-0.2, 0) is 4.79 Å². The maximum Gasteiger partial charge on any atom is 0.340 e. The zero-order valence-corrected chi connectivity index (χ0v) is 11.8. The SMILES string of the molecule is C[C@@H](NC(=O)CCCOc1ccccc1)c1n[nH]c(=O)[nH]1. The molecule has 1 aromatic carbocycles. The van der Waals surface area contributed by atoms with Crippen LogP contribution in [0.5, 0.6) is 5.75 Å². The van der Waals surface area contributed by atoms with Crippen molar-refractivity contribution in [3.8, 4) is 5.75 Å². The minimum absolute atomic E-state index is 0.108. The summed E-state index contributed by atoms with van der Waals surface area (Å²) in [6, 6.07) is 9.11. The van der Waals surface area contributed by atoms with Crippen LogP contribution in [0.1, 0.15) is 31.6 Å². The second-order valence-electron chi connectivity index (χ2n) is 4.62. The molecule has 3 N–H and O–H groups in total. The Bertz CT molecular complexity index is 620. The minimum Gasteiger partial charge on any atom is -0.494 e. The first-order valence-corrected chi connectivity index (χ1v) is 6.77. The number of nitrogens with zero attached hydrogens (tertiary/aromatic N) is 1. The highest BCUT2D eigenvalue weighted by atomic mass is 16.5. The standard InChI is InChI=1S/C14H18N4O3/c1-10(13-16-14(20)18-17-13)15-12(19)8-5-9-21-11-6-3-2-4-7-11/h2-4,6-7,10H,5,8-9H2,1H3,(H,15,19)(H2,16,17,18,20)/t10-/m1/s1. The predicted molar refractivity (Wildman–Crippen MR) is 76.9 cm³/mol. The van der Waals surface area contributed by atoms with E-state index in [1.165, 1.54) is 0 Å². The molecule has 1 atom stereocenters. The number of carbonyl (C=O) groups excluding carboxylic acids is 1. The van der Waals surface area contributed by atoms with Crippen molar-refractivity contribution in [2.45, 2.75) is 25.8 Å². The first-order valence-electron chi connectivity index (χ1n) is 6.77. The van der Waals surface area contributed by atoms with Crippen molar-refractivity contribution in [1.29, 1.82) is 0 Å². The van der Waals surface area contributed by atoms with Gasteiger partial charge in [0.1, 0.15) is 5.75 Å². The number of aromatic amines is 2. The quantitative estimate of drug-likeness (QED) is 0.666. The van der Waals surface area contributed by atoms with Crippen molar-refractivity contribution in [2.75, 3.05) is 6.61 Å². The predicted octanol–water partition coefficient (Wildman–Crippen LogP) is 1.13. The first kappa shape index (κ1) is 14.8. The summed E-state index contributed by atoms with van der Waals surface area (Å²) in [4.78, 5) is 25.2. The number of aromatic nitrogens is 3. The summed E-state index contributed by atoms with van der Waals surface area (Å²) in [7, 11) is 0. The number of ether oxygens (including phenoxy) is 1. The number of benzene rings is 1. The molecule has 7 nitrogen and oxygen atoms in total. The third-order valence-electron chi connectivity index (χ3n) is 2.87. The molecule has 21 heavy (non-hydrogen) atoms. The first-order chi connectivity index (χ1) is 10.1. The number of hydrogen-bond acceptors (Lipinski definition) is 4. The van der Waals surface area contributed by atoms with Crippen LogP contribution in [-0.4, -0.2) is 27.7 Å². The molecule has 0 saturated heterocycles. The van der Waals surface area contributed by atoms with Crippen LogP contribution in [0.4, 0.5) is 0 Å². The molecule has 2 rings (SSSR count). The van der Waals surface area contributed by atoms with Gasteiger partial charge in [0.05, 0.1) is 12.6 Å². The van der Waals surface area contributed by atoms with E-state index in [1.54, 1.807) is 6.92 Å². The Morgan fingerprint density at radius 3 is 2.81 bits per heavy atom. The molecular weight excluding hydrogens is 272 g/mol. The van der Waals surface area contributed by atoms with Crippen LogP contribution in [0, 0.1) is 0 Å². The van der Waals surface area contributed by atoms with Crippen LogP contribution in [0.3, 0.4) is 0 Å². The summed E-state index contributed by atoms with van der Waals surface area (Å²) in [6.45, 7) is 2.23. The molecule has 1 heterocycles. The topological polar surface area (TPSA) is 99.9 Å². The Kier molecular flexibility index (Phi) is 5.14. The zero-order chi connectivity index (χ0) is 15.1. The molecule has 0 unspecified atom stereocenters. The van der Waals surface area contributed by atoms with Crippen LogP contribution in [0.25, 0.3) is 0 Å². The highest BCUT2D eigenvalue weighted by Gasteiger charge is 2.12. The molecule has 1 amide bonds. The average Bonchev–Trinajstić information content (AvgIpc) is 2.91. The number of H-pyrrole nitrogens is 2. The average molecular weight is 290 g/mol. The van der Waals surface area contributed by atoms with E-state index >= 15 is 0 Å². The number of carbonyl (C=O) groups is 1. The van der Waals surface area contributed by atoms with Crippen LogP contribution < -0.4 is 15.7 Å². The molecule has 112 valence electrons. The molecule has 0 fully saturated rings. The van der Waals surface area contributed by atoms with E-state index < -0.39 is 0 Å². The van der Waals surface area contributed by atoms with Crippen molar-refractivity contribution >= 4 is 5.91 Å². The van der Waals surface area contributed by atoms with E-state index in [9.17, 15) is 9.59 Å². The summed E-state index contributed by atoms with van der Waals surface area (Å²) in [5.41, 5.74) is -0.387. The van der Waals surface area contributed by atoms with Gasteiger partial charge in [-0.2, -0.15) is 5.10 Å². The van der Waals surface area contributed by atoms with Gasteiger partial charge in [-0.1, -0.05) is 18.2 Å². The van der Waals surface area contributed by atoms with E-state index in [4.69, 9.17) is 4.74 Å². The zero-order valence-electron chi connectivity index (χ0n) is 11.8. The Morgan fingerprint density at radius 1 is 1.38 bits per heavy atom. The summed E-state index contributed by atoms with van der Waals surface area (Å²) >= 11 is 0. The number of rotatable bonds is 7. The van der Waals surface area contributed by atoms with Gasteiger partial charge in [-0.15, -0.1) is 0 Å². The van der Waals surface area contributed by atoms with Crippen LogP contribution in [0.2, 0.25) is 0 Å². The summed E-state index contributed by atoms with van der Waals surface area (Å²) in [5.74, 6) is 1.09. The van der Waals surface area contributed by atoms with Crippen molar-refractivity contribution in [3.63, 3.8) is 0 Å². The van der Waals surface area contributed by atoms with Crippen molar-refractivity contribution in [2.24, 2.45) is 0 Å². The second kappa shape index (κ2) is 7.28. The normalized spacial score (nSPS) is 11.9. The molecule has 0 saturated carbocycles. The van der Waals surface area contributed by atoms with Crippen LogP contribution in [0.15, 0.2) is 35.1 Å². The molecule has 0 bridgehead atoms. The summed E-state index contributed by atoms with van der Waals surface area (Å²) < 4.78 is 5.50. The minimum atomic E-state index is -0.387. The van der Waals surface area contributed by atoms with Crippen molar-refractivity contribution in [1.82, 2.24) is 20.5 Å². The molecule has 0 aliphatic carbocycles. The monoisotopic (exact) mass is 290 g/mol. The molecular formula is C14H18N4O3. The molecule has 0 spiro atoms. The largest absolute Gasteiger partial charge is 0.494 e. The number of amides is 1. The molecule has 7 heteroatoms. The lowest BCUT2D eigenvalue weighted by atomic mass is 10.2. The fourth-order valence-corrected chi connectivity index (χ4v) is 1.81. The van der Waals surface area contributed by atoms with Crippen LogP contribution >= 0.6 is 0 Å². The van der Waals surface area contributed by atoms with Crippen molar-refractivity contribution in [3.05, 3.63) is 46.6 Å². The second-order valence-corrected chi connectivity index (χ2v) is 4.62. The fraction of sp³-hybridized carbons (Fsp3) is 0.357. The Balaban J connectivity index is 1.67. The Morgan fingerprint density at radius 2 is 2.14 bits per heavy atom. The van der Waals surface area contributed by atoms with Gasteiger partial charge in [0.15, 0.2) is 5.82 Å². The molecule has 0 aliphatic rings. The maximum absolute atomic E-state index is 11.7. The molecule has 0 aliphatic heterocycles. The van der Waals surface area contributed by atoms with Gasteiger partial charge < -0.3 is 10.1 Å². The lowest BCUT2D eigenvalue weighted by molar-refractivity contribution is -0.122. The lowest BCUT2D eigenvalue weighted by Crippen LogP contribution is -2.27. The van der Waals surface area contributed by atoms with Gasteiger partial charge in [0, 0.05) is 6.42 Å². The lowest BCUT2D eigenvalue weighted by Gasteiger charge is -2.11. The Hall–Kier alpha value is -2.57. The van der Waals surface area contributed by atoms with Gasteiger partial charge in [0.2, 0.25) is 5.91 Å². The van der Waals surface area contributed by atoms with Gasteiger partial charge in [-0.3, -0.25) is 9.78 Å². The summed E-state index contributed by atoms with van der Waals surface area (Å²) in [5, 5.41) is 8.79. The van der Waals surface area contributed by atoms with E-state index in [1.807, 2.05) is 30.3 Å². The smallest absolute Gasteiger partial charge is 0.340 e. The third-order valence-corrected chi connectivity index (χ3v) is 2.87. The highest BCUT2D eigenvalue weighted by Crippen LogP contribution is 2.09.